The van der Waals surface area contributed by atoms with Crippen LogP contribution in [-0.4, -0.2) is 30.8 Å². The Morgan fingerprint density at radius 2 is 2.10 bits per heavy atom. The average molecular weight is 297 g/mol. The Labute approximate surface area is 125 Å². The van der Waals surface area contributed by atoms with Gasteiger partial charge in [-0.1, -0.05) is 13.3 Å². The number of benzene rings is 1. The molecule has 1 rings (SSSR count). The molecule has 1 atom stereocenters. The number of nitrogens with one attached hydrogen (secondary N) is 1. The van der Waals surface area contributed by atoms with Crippen molar-refractivity contribution in [3.8, 4) is 5.75 Å². The monoisotopic (exact) mass is 297 g/mol. The van der Waals surface area contributed by atoms with Gasteiger partial charge in [-0.2, -0.15) is 0 Å². The molecule has 0 saturated carbocycles. The molecule has 1 aromatic rings. The van der Waals surface area contributed by atoms with E-state index in [0.717, 1.165) is 6.42 Å². The van der Waals surface area contributed by atoms with Gasteiger partial charge in [-0.25, -0.2) is 4.39 Å². The highest BCUT2D eigenvalue weighted by Gasteiger charge is 2.08. The number of carbonyl (C=O) groups is 1. The lowest BCUT2D eigenvalue weighted by atomic mass is 10.0. The first-order chi connectivity index (χ1) is 10.2. The van der Waals surface area contributed by atoms with Crippen LogP contribution in [0.5, 0.6) is 5.75 Å². The smallest absolute Gasteiger partial charge is 0.220 e. The molecule has 5 heteroatoms. The Hall–Kier alpha value is -1.62. The van der Waals surface area contributed by atoms with E-state index in [1.54, 1.807) is 12.1 Å². The standard InChI is InChI=1S/C16H24FNO3/c1-2-13(9-10-19)12-18-16(20)4-3-11-21-15-7-5-14(17)6-8-15/h5-8,13,19H,2-4,9-12H2,1H3,(H,18,20). The van der Waals surface area contributed by atoms with Gasteiger partial charge in [0.2, 0.25) is 5.91 Å². The van der Waals surface area contributed by atoms with Crippen molar-refractivity contribution in [3.05, 3.63) is 30.1 Å². The van der Waals surface area contributed by atoms with Crippen LogP contribution in [0.25, 0.3) is 0 Å². The summed E-state index contributed by atoms with van der Waals surface area (Å²) in [5, 5.41) is 11.7. The van der Waals surface area contributed by atoms with Crippen LogP contribution in [0.4, 0.5) is 4.39 Å². The minimum atomic E-state index is -0.296. The third-order valence-corrected chi connectivity index (χ3v) is 3.33. The maximum atomic E-state index is 12.7. The summed E-state index contributed by atoms with van der Waals surface area (Å²) in [5.41, 5.74) is 0. The lowest BCUT2D eigenvalue weighted by Gasteiger charge is -2.14. The van der Waals surface area contributed by atoms with Gasteiger partial charge in [0, 0.05) is 19.6 Å². The van der Waals surface area contributed by atoms with Crippen LogP contribution >= 0.6 is 0 Å². The number of ether oxygens (including phenoxy) is 1. The van der Waals surface area contributed by atoms with Crippen LogP contribution in [0.1, 0.15) is 32.6 Å². The quantitative estimate of drug-likeness (QED) is 0.652. The molecule has 0 spiro atoms. The molecule has 4 nitrogen and oxygen atoms in total. The molecule has 0 aliphatic rings. The van der Waals surface area contributed by atoms with Crippen molar-refractivity contribution in [1.29, 1.82) is 0 Å². The van der Waals surface area contributed by atoms with Gasteiger partial charge in [0.05, 0.1) is 6.61 Å². The Kier molecular flexibility index (Phi) is 8.43. The van der Waals surface area contributed by atoms with Crippen LogP contribution in [0.2, 0.25) is 0 Å². The molecule has 21 heavy (non-hydrogen) atoms. The summed E-state index contributed by atoms with van der Waals surface area (Å²) in [6.45, 7) is 3.23. The second kappa shape index (κ2) is 10.2. The lowest BCUT2D eigenvalue weighted by Crippen LogP contribution is -2.29. The van der Waals surface area contributed by atoms with Crippen molar-refractivity contribution < 1.29 is 19.0 Å². The molecule has 1 amide bonds. The van der Waals surface area contributed by atoms with Gasteiger partial charge in [-0.3, -0.25) is 4.79 Å². The number of hydrogen-bond acceptors (Lipinski definition) is 3. The summed E-state index contributed by atoms with van der Waals surface area (Å²) in [6, 6.07) is 5.81. The fourth-order valence-electron chi connectivity index (χ4n) is 1.93. The van der Waals surface area contributed by atoms with Crippen molar-refractivity contribution in [2.75, 3.05) is 19.8 Å². The van der Waals surface area contributed by atoms with Gasteiger partial charge in [-0.05, 0) is 43.0 Å². The van der Waals surface area contributed by atoms with E-state index in [4.69, 9.17) is 9.84 Å². The van der Waals surface area contributed by atoms with E-state index < -0.39 is 0 Å². The molecular weight excluding hydrogens is 273 g/mol. The van der Waals surface area contributed by atoms with E-state index in [2.05, 4.69) is 5.32 Å². The molecule has 0 aromatic heterocycles. The van der Waals surface area contributed by atoms with E-state index in [0.29, 0.717) is 44.1 Å². The first kappa shape index (κ1) is 17.4. The molecular formula is C16H24FNO3. The van der Waals surface area contributed by atoms with Crippen LogP contribution in [0.3, 0.4) is 0 Å². The Balaban J connectivity index is 2.11. The molecule has 0 saturated heterocycles. The zero-order valence-corrected chi connectivity index (χ0v) is 12.5. The average Bonchev–Trinajstić information content (AvgIpc) is 2.49. The van der Waals surface area contributed by atoms with Crippen molar-refractivity contribution in [2.24, 2.45) is 5.92 Å². The van der Waals surface area contributed by atoms with Crippen LogP contribution in [-0.2, 0) is 4.79 Å². The van der Waals surface area contributed by atoms with Crippen molar-refractivity contribution in [2.45, 2.75) is 32.6 Å². The summed E-state index contributed by atoms with van der Waals surface area (Å²) in [4.78, 5) is 11.6. The summed E-state index contributed by atoms with van der Waals surface area (Å²) in [5.74, 6) is 0.629. The fourth-order valence-corrected chi connectivity index (χ4v) is 1.93. The molecule has 1 aromatic carbocycles. The van der Waals surface area contributed by atoms with E-state index >= 15 is 0 Å². The normalized spacial score (nSPS) is 12.0. The zero-order chi connectivity index (χ0) is 15.5. The van der Waals surface area contributed by atoms with Gasteiger partial charge in [0.1, 0.15) is 11.6 Å². The topological polar surface area (TPSA) is 58.6 Å². The predicted octanol–water partition coefficient (Wildman–Crippen LogP) is 2.51. The maximum Gasteiger partial charge on any atom is 0.220 e. The second-order valence-electron chi connectivity index (χ2n) is 5.00. The molecule has 0 fully saturated rings. The van der Waals surface area contributed by atoms with E-state index in [1.165, 1.54) is 12.1 Å². The number of halogens is 1. The summed E-state index contributed by atoms with van der Waals surface area (Å²) < 4.78 is 18.1. The van der Waals surface area contributed by atoms with Crippen LogP contribution in [0, 0.1) is 11.7 Å². The van der Waals surface area contributed by atoms with Gasteiger partial charge in [0.25, 0.3) is 0 Å². The number of hydrogen-bond donors (Lipinski definition) is 2. The minimum absolute atomic E-state index is 0.00547. The highest BCUT2D eigenvalue weighted by molar-refractivity contribution is 5.75. The van der Waals surface area contributed by atoms with Gasteiger partial charge in [0.15, 0.2) is 0 Å². The van der Waals surface area contributed by atoms with Crippen molar-refractivity contribution in [1.82, 2.24) is 5.32 Å². The Morgan fingerprint density at radius 1 is 1.38 bits per heavy atom. The number of aliphatic hydroxyl groups is 1. The van der Waals surface area contributed by atoms with Crippen molar-refractivity contribution in [3.63, 3.8) is 0 Å². The fraction of sp³-hybridized carbons (Fsp3) is 0.562. The van der Waals surface area contributed by atoms with Crippen molar-refractivity contribution >= 4 is 5.91 Å². The van der Waals surface area contributed by atoms with Gasteiger partial charge in [-0.15, -0.1) is 0 Å². The Morgan fingerprint density at radius 3 is 2.71 bits per heavy atom. The molecule has 118 valence electrons. The van der Waals surface area contributed by atoms with Gasteiger partial charge >= 0.3 is 0 Å². The molecule has 0 heterocycles. The molecule has 0 aliphatic carbocycles. The summed E-state index contributed by atoms with van der Waals surface area (Å²) >= 11 is 0. The highest BCUT2D eigenvalue weighted by Crippen LogP contribution is 2.11. The number of carbonyl (C=O) groups excluding carboxylic acids is 1. The number of aliphatic hydroxyl groups excluding tert-OH is 1. The molecule has 2 N–H and O–H groups in total. The highest BCUT2D eigenvalue weighted by atomic mass is 19.1. The van der Waals surface area contributed by atoms with Crippen LogP contribution in [0.15, 0.2) is 24.3 Å². The minimum Gasteiger partial charge on any atom is -0.494 e. The van der Waals surface area contributed by atoms with E-state index in [9.17, 15) is 9.18 Å². The molecule has 0 bridgehead atoms. The van der Waals surface area contributed by atoms with E-state index in [1.807, 2.05) is 6.92 Å². The number of rotatable bonds is 10. The third-order valence-electron chi connectivity index (χ3n) is 3.33. The van der Waals surface area contributed by atoms with Gasteiger partial charge < -0.3 is 15.2 Å². The first-order valence-electron chi connectivity index (χ1n) is 7.41. The summed E-state index contributed by atoms with van der Waals surface area (Å²) in [6.07, 6.45) is 2.66. The number of amides is 1. The zero-order valence-electron chi connectivity index (χ0n) is 12.5. The molecule has 0 radical (unpaired) electrons. The van der Waals surface area contributed by atoms with E-state index in [-0.39, 0.29) is 18.3 Å². The lowest BCUT2D eigenvalue weighted by molar-refractivity contribution is -0.121. The largest absolute Gasteiger partial charge is 0.494 e. The molecule has 0 aliphatic heterocycles. The maximum absolute atomic E-state index is 12.7. The predicted molar refractivity (Wildman–Crippen MR) is 79.6 cm³/mol. The van der Waals surface area contributed by atoms with Crippen LogP contribution < -0.4 is 10.1 Å². The molecule has 1 unspecified atom stereocenters. The second-order valence-corrected chi connectivity index (χ2v) is 5.00. The Bertz CT molecular complexity index is 408. The first-order valence-corrected chi connectivity index (χ1v) is 7.41. The SMILES string of the molecule is CCC(CCO)CNC(=O)CCCOc1ccc(F)cc1. The third kappa shape index (κ3) is 7.66. The summed E-state index contributed by atoms with van der Waals surface area (Å²) in [7, 11) is 0.